The minimum Gasteiger partial charge on any atom is -0.380 e. The fourth-order valence-electron chi connectivity index (χ4n) is 3.51. The van der Waals surface area contributed by atoms with Gasteiger partial charge in [-0.2, -0.15) is 0 Å². The van der Waals surface area contributed by atoms with Gasteiger partial charge in [0.1, 0.15) is 5.82 Å². The first kappa shape index (κ1) is 14.1. The van der Waals surface area contributed by atoms with Gasteiger partial charge >= 0.3 is 0 Å². The van der Waals surface area contributed by atoms with Crippen molar-refractivity contribution in [3.8, 4) is 0 Å². The van der Waals surface area contributed by atoms with Gasteiger partial charge in [0, 0.05) is 28.3 Å². The van der Waals surface area contributed by atoms with Crippen LogP contribution >= 0.6 is 11.8 Å². The van der Waals surface area contributed by atoms with Gasteiger partial charge in [-0.15, -0.1) is 0 Å². The van der Waals surface area contributed by atoms with Crippen molar-refractivity contribution in [2.45, 2.75) is 28.2 Å². The molecule has 0 amide bonds. The minimum absolute atomic E-state index is 0.185. The van der Waals surface area contributed by atoms with Gasteiger partial charge in [0.15, 0.2) is 0 Å². The number of nitrogens with one attached hydrogen (secondary N) is 1. The molecule has 0 bridgehead atoms. The third kappa shape index (κ3) is 2.50. The monoisotopic (exact) mass is 314 g/mol. The zero-order valence-electron chi connectivity index (χ0n) is 12.6. The number of anilines is 1. The second kappa shape index (κ2) is 5.60. The maximum absolute atomic E-state index is 13.1. The second-order valence-electron chi connectivity index (χ2n) is 6.18. The summed E-state index contributed by atoms with van der Waals surface area (Å²) in [7, 11) is 2.20. The van der Waals surface area contributed by atoms with E-state index in [1.165, 1.54) is 34.7 Å². The molecule has 4 rings (SSSR count). The van der Waals surface area contributed by atoms with Crippen LogP contribution in [0.15, 0.2) is 52.3 Å². The molecule has 0 spiro atoms. The van der Waals surface area contributed by atoms with E-state index in [2.05, 4.69) is 35.5 Å². The third-order valence-electron chi connectivity index (χ3n) is 4.65. The van der Waals surface area contributed by atoms with Crippen LogP contribution in [-0.2, 0) is 0 Å². The molecule has 1 fully saturated rings. The molecule has 0 aliphatic carbocycles. The standard InChI is InChI=1S/C18H19FN2S/c1-21-10-9-16-15(11-21)14-3-2-4-17(18(14)20-16)22-13-7-5-12(19)6-8-13/h2-8,15-16,20H,9-11H2,1H3/t15-,16+/m0/s1. The summed E-state index contributed by atoms with van der Waals surface area (Å²) in [6, 6.07) is 13.8. The van der Waals surface area contributed by atoms with Gasteiger partial charge in [-0.1, -0.05) is 23.9 Å². The van der Waals surface area contributed by atoms with E-state index in [-0.39, 0.29) is 5.82 Å². The number of hydrogen-bond acceptors (Lipinski definition) is 3. The van der Waals surface area contributed by atoms with E-state index in [0.29, 0.717) is 12.0 Å². The van der Waals surface area contributed by atoms with E-state index in [0.717, 1.165) is 18.0 Å². The van der Waals surface area contributed by atoms with Gasteiger partial charge in [0.25, 0.3) is 0 Å². The smallest absolute Gasteiger partial charge is 0.123 e. The highest BCUT2D eigenvalue weighted by Crippen LogP contribution is 2.45. The van der Waals surface area contributed by atoms with Crippen molar-refractivity contribution in [3.05, 3.63) is 53.8 Å². The van der Waals surface area contributed by atoms with E-state index in [1.54, 1.807) is 11.8 Å². The van der Waals surface area contributed by atoms with Gasteiger partial charge in [0.2, 0.25) is 0 Å². The third-order valence-corrected chi connectivity index (χ3v) is 5.71. The Balaban J connectivity index is 1.65. The van der Waals surface area contributed by atoms with Gasteiger partial charge < -0.3 is 10.2 Å². The number of halogens is 1. The van der Waals surface area contributed by atoms with Crippen molar-refractivity contribution < 1.29 is 4.39 Å². The fraction of sp³-hybridized carbons (Fsp3) is 0.333. The molecule has 2 nitrogen and oxygen atoms in total. The van der Waals surface area contributed by atoms with Gasteiger partial charge in [-0.25, -0.2) is 4.39 Å². The lowest BCUT2D eigenvalue weighted by Gasteiger charge is -2.32. The van der Waals surface area contributed by atoms with E-state index in [1.807, 2.05) is 12.1 Å². The van der Waals surface area contributed by atoms with Crippen LogP contribution in [0.2, 0.25) is 0 Å². The van der Waals surface area contributed by atoms with Crippen molar-refractivity contribution in [1.29, 1.82) is 0 Å². The Hall–Kier alpha value is -1.52. The Morgan fingerprint density at radius 3 is 2.82 bits per heavy atom. The Morgan fingerprint density at radius 1 is 1.18 bits per heavy atom. The van der Waals surface area contributed by atoms with Crippen molar-refractivity contribution in [2.75, 3.05) is 25.5 Å². The van der Waals surface area contributed by atoms with Crippen LogP contribution in [0, 0.1) is 5.82 Å². The summed E-state index contributed by atoms with van der Waals surface area (Å²) < 4.78 is 13.1. The zero-order valence-corrected chi connectivity index (χ0v) is 13.4. The van der Waals surface area contributed by atoms with Crippen LogP contribution in [-0.4, -0.2) is 31.1 Å². The quantitative estimate of drug-likeness (QED) is 0.895. The Morgan fingerprint density at radius 2 is 2.00 bits per heavy atom. The number of likely N-dealkylation sites (N-methyl/N-ethyl adjacent to an activating group) is 1. The maximum atomic E-state index is 13.1. The largest absolute Gasteiger partial charge is 0.380 e. The molecular formula is C18H19FN2S. The molecular weight excluding hydrogens is 295 g/mol. The topological polar surface area (TPSA) is 15.3 Å². The molecule has 0 saturated carbocycles. The molecule has 1 N–H and O–H groups in total. The molecule has 0 unspecified atom stereocenters. The maximum Gasteiger partial charge on any atom is 0.123 e. The number of nitrogens with zero attached hydrogens (tertiary/aromatic N) is 1. The molecule has 2 aliphatic rings. The number of fused-ring (bicyclic) bond motifs is 3. The predicted octanol–water partition coefficient (Wildman–Crippen LogP) is 4.19. The highest BCUT2D eigenvalue weighted by atomic mass is 32.2. The lowest BCUT2D eigenvalue weighted by Crippen LogP contribution is -2.39. The minimum atomic E-state index is -0.185. The van der Waals surface area contributed by atoms with Crippen LogP contribution in [0.4, 0.5) is 10.1 Å². The van der Waals surface area contributed by atoms with Crippen LogP contribution in [0.1, 0.15) is 17.9 Å². The predicted molar refractivity (Wildman–Crippen MR) is 89.2 cm³/mol. The number of rotatable bonds is 2. The van der Waals surface area contributed by atoms with Crippen molar-refractivity contribution in [3.63, 3.8) is 0 Å². The first-order valence-corrected chi connectivity index (χ1v) is 8.54. The molecule has 2 aromatic rings. The van der Waals surface area contributed by atoms with E-state index < -0.39 is 0 Å². The molecule has 0 aromatic heterocycles. The first-order valence-electron chi connectivity index (χ1n) is 7.72. The van der Waals surface area contributed by atoms with Crippen molar-refractivity contribution >= 4 is 17.4 Å². The molecule has 0 radical (unpaired) electrons. The van der Waals surface area contributed by atoms with E-state index in [4.69, 9.17) is 0 Å². The average Bonchev–Trinajstić information content (AvgIpc) is 2.89. The van der Waals surface area contributed by atoms with Crippen molar-refractivity contribution in [1.82, 2.24) is 4.90 Å². The Kier molecular flexibility index (Phi) is 3.59. The average molecular weight is 314 g/mol. The number of likely N-dealkylation sites (tertiary alicyclic amines) is 1. The van der Waals surface area contributed by atoms with Crippen LogP contribution < -0.4 is 5.32 Å². The molecule has 2 aromatic carbocycles. The summed E-state index contributed by atoms with van der Waals surface area (Å²) in [5.74, 6) is 0.400. The lowest BCUT2D eigenvalue weighted by atomic mass is 9.90. The van der Waals surface area contributed by atoms with Gasteiger partial charge in [-0.05, 0) is 55.9 Å². The van der Waals surface area contributed by atoms with Crippen LogP contribution in [0.5, 0.6) is 0 Å². The fourth-order valence-corrected chi connectivity index (χ4v) is 4.47. The van der Waals surface area contributed by atoms with Gasteiger partial charge in [-0.3, -0.25) is 0 Å². The molecule has 2 atom stereocenters. The second-order valence-corrected chi connectivity index (χ2v) is 7.30. The van der Waals surface area contributed by atoms with Gasteiger partial charge in [0.05, 0.1) is 5.69 Å². The summed E-state index contributed by atoms with van der Waals surface area (Å²) in [6.07, 6.45) is 1.19. The molecule has 2 heterocycles. The number of piperidine rings is 1. The van der Waals surface area contributed by atoms with E-state index >= 15 is 0 Å². The Labute approximate surface area is 134 Å². The molecule has 114 valence electrons. The highest BCUT2D eigenvalue weighted by molar-refractivity contribution is 7.99. The SMILES string of the molecule is CN1CC[C@H]2Nc3c(Sc4ccc(F)cc4)cccc3[C@@H]2C1. The summed E-state index contributed by atoms with van der Waals surface area (Å²) in [5.41, 5.74) is 2.71. The van der Waals surface area contributed by atoms with E-state index in [9.17, 15) is 4.39 Å². The highest BCUT2D eigenvalue weighted by Gasteiger charge is 2.36. The molecule has 22 heavy (non-hydrogen) atoms. The number of para-hydroxylation sites is 1. The molecule has 2 aliphatic heterocycles. The molecule has 1 saturated heterocycles. The summed E-state index contributed by atoms with van der Waals surface area (Å²) in [4.78, 5) is 4.72. The normalized spacial score (nSPS) is 23.7. The lowest BCUT2D eigenvalue weighted by molar-refractivity contribution is 0.243. The van der Waals surface area contributed by atoms with Crippen LogP contribution in [0.3, 0.4) is 0 Å². The zero-order chi connectivity index (χ0) is 15.1. The number of benzene rings is 2. The summed E-state index contributed by atoms with van der Waals surface area (Å²) in [6.45, 7) is 2.28. The number of hydrogen-bond donors (Lipinski definition) is 1. The van der Waals surface area contributed by atoms with Crippen molar-refractivity contribution in [2.24, 2.45) is 0 Å². The Bertz CT molecular complexity index is 686. The van der Waals surface area contributed by atoms with Crippen LogP contribution in [0.25, 0.3) is 0 Å². The summed E-state index contributed by atoms with van der Waals surface area (Å²) in [5, 5.41) is 3.74. The molecule has 4 heteroatoms. The first-order chi connectivity index (χ1) is 10.7. The summed E-state index contributed by atoms with van der Waals surface area (Å²) >= 11 is 1.71.